The SMILES string of the molecule is CC.CCCc1sc(Cl)nc1-c1ccc(OCCOC)c(F)c1. The van der Waals surface area contributed by atoms with Gasteiger partial charge in [0.2, 0.25) is 0 Å². The second kappa shape index (κ2) is 10.6. The lowest BCUT2D eigenvalue weighted by molar-refractivity contribution is 0.144. The first-order valence-corrected chi connectivity index (χ1v) is 8.92. The first-order valence-electron chi connectivity index (χ1n) is 7.72. The maximum Gasteiger partial charge on any atom is 0.184 e. The van der Waals surface area contributed by atoms with Crippen molar-refractivity contribution in [2.45, 2.75) is 33.6 Å². The zero-order chi connectivity index (χ0) is 17.2. The smallest absolute Gasteiger partial charge is 0.184 e. The summed E-state index contributed by atoms with van der Waals surface area (Å²) in [5, 5.41) is 0. The number of hydrogen-bond acceptors (Lipinski definition) is 4. The van der Waals surface area contributed by atoms with Crippen LogP contribution in [0.2, 0.25) is 4.47 Å². The zero-order valence-electron chi connectivity index (χ0n) is 14.0. The first kappa shape index (κ1) is 19.9. The molecule has 6 heteroatoms. The van der Waals surface area contributed by atoms with E-state index in [1.807, 2.05) is 13.8 Å². The van der Waals surface area contributed by atoms with Gasteiger partial charge in [-0.1, -0.05) is 38.8 Å². The van der Waals surface area contributed by atoms with E-state index >= 15 is 0 Å². The van der Waals surface area contributed by atoms with Crippen molar-refractivity contribution < 1.29 is 13.9 Å². The van der Waals surface area contributed by atoms with E-state index in [0.717, 1.165) is 29.0 Å². The summed E-state index contributed by atoms with van der Waals surface area (Å²) in [6.45, 7) is 6.82. The average molecular weight is 360 g/mol. The number of benzene rings is 1. The van der Waals surface area contributed by atoms with Crippen LogP contribution in [0, 0.1) is 5.82 Å². The van der Waals surface area contributed by atoms with Crippen molar-refractivity contribution in [1.82, 2.24) is 4.98 Å². The van der Waals surface area contributed by atoms with Gasteiger partial charge in [-0.2, -0.15) is 0 Å². The quantitative estimate of drug-likeness (QED) is 0.602. The van der Waals surface area contributed by atoms with Gasteiger partial charge in [0, 0.05) is 17.6 Å². The molecule has 2 aromatic rings. The molecule has 0 bridgehead atoms. The summed E-state index contributed by atoms with van der Waals surface area (Å²) in [5.41, 5.74) is 1.48. The number of halogens is 2. The van der Waals surface area contributed by atoms with Crippen molar-refractivity contribution in [3.63, 3.8) is 0 Å². The Balaban J connectivity index is 0.00000127. The van der Waals surface area contributed by atoms with Gasteiger partial charge in [-0.3, -0.25) is 0 Å². The summed E-state index contributed by atoms with van der Waals surface area (Å²) in [7, 11) is 1.57. The second-order valence-electron chi connectivity index (χ2n) is 4.48. The second-order valence-corrected chi connectivity index (χ2v) is 6.14. The third-order valence-corrected chi connectivity index (χ3v) is 4.12. The number of ether oxygens (including phenoxy) is 2. The van der Waals surface area contributed by atoms with E-state index in [1.54, 1.807) is 19.2 Å². The number of thiazole rings is 1. The molecule has 1 aromatic heterocycles. The normalized spacial score (nSPS) is 10.2. The molecular formula is C17H23ClFNO2S. The van der Waals surface area contributed by atoms with Crippen molar-refractivity contribution in [1.29, 1.82) is 0 Å². The van der Waals surface area contributed by atoms with E-state index in [0.29, 0.717) is 17.7 Å². The molecule has 2 rings (SSSR count). The Hall–Kier alpha value is -1.17. The van der Waals surface area contributed by atoms with Crippen LogP contribution in [0.15, 0.2) is 18.2 Å². The average Bonchev–Trinajstić information content (AvgIpc) is 2.92. The van der Waals surface area contributed by atoms with Crippen LogP contribution in [0.1, 0.15) is 32.1 Å². The molecule has 0 N–H and O–H groups in total. The third-order valence-electron chi connectivity index (χ3n) is 2.90. The summed E-state index contributed by atoms with van der Waals surface area (Å²) < 4.78 is 24.7. The Morgan fingerprint density at radius 3 is 2.61 bits per heavy atom. The lowest BCUT2D eigenvalue weighted by Gasteiger charge is -2.08. The standard InChI is InChI=1S/C15H17ClFNO2S.C2H6/c1-3-4-13-14(18-15(16)21-13)10-5-6-12(11(17)9-10)20-8-7-19-2;1-2/h5-6,9H,3-4,7-8H2,1-2H3;1-2H3. The van der Waals surface area contributed by atoms with Crippen molar-refractivity contribution in [3.05, 3.63) is 33.4 Å². The fraction of sp³-hybridized carbons (Fsp3) is 0.471. The van der Waals surface area contributed by atoms with Gasteiger partial charge >= 0.3 is 0 Å². The maximum atomic E-state index is 14.1. The lowest BCUT2D eigenvalue weighted by atomic mass is 10.1. The van der Waals surface area contributed by atoms with Crippen LogP contribution in [-0.4, -0.2) is 25.3 Å². The van der Waals surface area contributed by atoms with Crippen LogP contribution in [0.25, 0.3) is 11.3 Å². The molecular weight excluding hydrogens is 337 g/mol. The predicted octanol–water partition coefficient (Wildman–Crippen LogP) is 5.61. The molecule has 0 aliphatic rings. The zero-order valence-corrected chi connectivity index (χ0v) is 15.6. The molecule has 0 saturated heterocycles. The van der Waals surface area contributed by atoms with Crippen LogP contribution in [0.3, 0.4) is 0 Å². The molecule has 23 heavy (non-hydrogen) atoms. The maximum absolute atomic E-state index is 14.1. The van der Waals surface area contributed by atoms with Crippen LogP contribution < -0.4 is 4.74 Å². The highest BCUT2D eigenvalue weighted by Crippen LogP contribution is 2.33. The number of aryl methyl sites for hydroxylation is 1. The van der Waals surface area contributed by atoms with E-state index < -0.39 is 5.82 Å². The molecule has 0 unspecified atom stereocenters. The number of aromatic nitrogens is 1. The Labute approximate surface area is 146 Å². The Morgan fingerprint density at radius 2 is 2.00 bits per heavy atom. The number of hydrogen-bond donors (Lipinski definition) is 0. The summed E-state index contributed by atoms with van der Waals surface area (Å²) in [6.07, 6.45) is 1.87. The highest BCUT2D eigenvalue weighted by atomic mass is 35.5. The van der Waals surface area contributed by atoms with Gasteiger partial charge in [0.15, 0.2) is 16.0 Å². The van der Waals surface area contributed by atoms with Crippen LogP contribution in [0.4, 0.5) is 4.39 Å². The minimum atomic E-state index is -0.407. The van der Waals surface area contributed by atoms with Gasteiger partial charge in [-0.05, 0) is 24.6 Å². The third kappa shape index (κ3) is 5.75. The minimum absolute atomic E-state index is 0.217. The van der Waals surface area contributed by atoms with E-state index in [2.05, 4.69) is 11.9 Å². The molecule has 3 nitrogen and oxygen atoms in total. The summed E-state index contributed by atoms with van der Waals surface area (Å²) >= 11 is 7.43. The van der Waals surface area contributed by atoms with Crippen molar-refractivity contribution in [2.24, 2.45) is 0 Å². The topological polar surface area (TPSA) is 31.4 Å². The molecule has 0 amide bonds. The van der Waals surface area contributed by atoms with Gasteiger partial charge < -0.3 is 9.47 Å². The number of methoxy groups -OCH3 is 1. The molecule has 0 aliphatic heterocycles. The largest absolute Gasteiger partial charge is 0.488 e. The summed E-state index contributed by atoms with van der Waals surface area (Å²) in [4.78, 5) is 5.38. The highest BCUT2D eigenvalue weighted by molar-refractivity contribution is 7.16. The Morgan fingerprint density at radius 1 is 1.26 bits per heavy atom. The number of nitrogens with zero attached hydrogens (tertiary/aromatic N) is 1. The summed E-state index contributed by atoms with van der Waals surface area (Å²) in [5.74, 6) is -0.190. The monoisotopic (exact) mass is 359 g/mol. The summed E-state index contributed by atoms with van der Waals surface area (Å²) in [6, 6.07) is 4.85. The van der Waals surface area contributed by atoms with Gasteiger partial charge in [0.05, 0.1) is 12.3 Å². The molecule has 0 aliphatic carbocycles. The molecule has 128 valence electrons. The Kier molecular flexibility index (Phi) is 9.14. The fourth-order valence-corrected chi connectivity index (χ4v) is 3.22. The minimum Gasteiger partial charge on any atom is -0.488 e. The van der Waals surface area contributed by atoms with E-state index in [-0.39, 0.29) is 5.75 Å². The molecule has 0 atom stereocenters. The fourth-order valence-electron chi connectivity index (χ4n) is 1.95. The highest BCUT2D eigenvalue weighted by Gasteiger charge is 2.14. The number of rotatable bonds is 7. The van der Waals surface area contributed by atoms with Crippen molar-refractivity contribution in [3.8, 4) is 17.0 Å². The van der Waals surface area contributed by atoms with Gasteiger partial charge in [0.25, 0.3) is 0 Å². The van der Waals surface area contributed by atoms with E-state index in [4.69, 9.17) is 21.1 Å². The van der Waals surface area contributed by atoms with Gasteiger partial charge in [-0.25, -0.2) is 9.37 Å². The van der Waals surface area contributed by atoms with Gasteiger partial charge in [0.1, 0.15) is 6.61 Å². The van der Waals surface area contributed by atoms with Crippen molar-refractivity contribution >= 4 is 22.9 Å². The van der Waals surface area contributed by atoms with Crippen molar-refractivity contribution in [2.75, 3.05) is 20.3 Å². The molecule has 0 fully saturated rings. The van der Waals surface area contributed by atoms with E-state index in [1.165, 1.54) is 17.4 Å². The van der Waals surface area contributed by atoms with E-state index in [9.17, 15) is 4.39 Å². The first-order chi connectivity index (χ1) is 11.2. The van der Waals surface area contributed by atoms with Crippen LogP contribution >= 0.6 is 22.9 Å². The van der Waals surface area contributed by atoms with Crippen LogP contribution in [0.5, 0.6) is 5.75 Å². The molecule has 0 spiro atoms. The molecule has 1 heterocycles. The Bertz CT molecular complexity index is 604. The van der Waals surface area contributed by atoms with Crippen LogP contribution in [-0.2, 0) is 11.2 Å². The molecule has 0 saturated carbocycles. The molecule has 0 radical (unpaired) electrons. The van der Waals surface area contributed by atoms with Gasteiger partial charge in [-0.15, -0.1) is 11.3 Å². The lowest BCUT2D eigenvalue weighted by Crippen LogP contribution is -2.05. The molecule has 1 aromatic carbocycles. The predicted molar refractivity (Wildman–Crippen MR) is 95.2 cm³/mol.